The van der Waals surface area contributed by atoms with Gasteiger partial charge in [-0.2, -0.15) is 0 Å². The summed E-state index contributed by atoms with van der Waals surface area (Å²) in [5.41, 5.74) is 0. The lowest BCUT2D eigenvalue weighted by Crippen LogP contribution is -1.82. The van der Waals surface area contributed by atoms with Crippen LogP contribution in [0.4, 0.5) is 4.39 Å². The second kappa shape index (κ2) is 3.55. The molecule has 0 aromatic heterocycles. The lowest BCUT2D eigenvalue weighted by Gasteiger charge is -1.96. The van der Waals surface area contributed by atoms with Crippen molar-refractivity contribution in [1.82, 2.24) is 0 Å². The minimum atomic E-state index is 0.250. The molecule has 0 radical (unpaired) electrons. The molecule has 0 aromatic carbocycles. The molecule has 1 fully saturated rings. The van der Waals surface area contributed by atoms with Crippen molar-refractivity contribution in [2.75, 3.05) is 0 Å². The number of hydrogen-bond donors (Lipinski definition) is 0. The summed E-state index contributed by atoms with van der Waals surface area (Å²) in [5, 5.41) is 0. The van der Waals surface area contributed by atoms with Gasteiger partial charge in [-0.05, 0) is 31.1 Å². The molecule has 10 heavy (non-hydrogen) atoms. The van der Waals surface area contributed by atoms with E-state index in [2.05, 4.69) is 18.7 Å². The van der Waals surface area contributed by atoms with Crippen LogP contribution in [-0.4, -0.2) is 0 Å². The number of fused-ring (bicyclic) bond motifs is 2. The van der Waals surface area contributed by atoms with E-state index in [0.29, 0.717) is 0 Å². The van der Waals surface area contributed by atoms with Crippen LogP contribution in [0.5, 0.6) is 0 Å². The molecule has 0 aliphatic heterocycles. The third-order valence-corrected chi connectivity index (χ3v) is 2.17. The average molecular weight is 140 g/mol. The van der Waals surface area contributed by atoms with Crippen LogP contribution >= 0.6 is 0 Å². The van der Waals surface area contributed by atoms with E-state index >= 15 is 0 Å². The molecule has 2 aliphatic carbocycles. The Hall–Kier alpha value is -0.590. The summed E-state index contributed by atoms with van der Waals surface area (Å²) < 4.78 is 10.1. The lowest BCUT2D eigenvalue weighted by atomic mass is 10.1. The van der Waals surface area contributed by atoms with Crippen LogP contribution in [0.3, 0.4) is 0 Å². The van der Waals surface area contributed by atoms with Gasteiger partial charge in [0.15, 0.2) is 0 Å². The highest BCUT2D eigenvalue weighted by molar-refractivity contribution is 5.06. The summed E-state index contributed by atoms with van der Waals surface area (Å²) >= 11 is 0. The van der Waals surface area contributed by atoms with Gasteiger partial charge >= 0.3 is 0 Å². The Morgan fingerprint density at radius 2 is 1.70 bits per heavy atom. The predicted octanol–water partition coefficient (Wildman–Crippen LogP) is 3.07. The van der Waals surface area contributed by atoms with Gasteiger partial charge in [-0.1, -0.05) is 18.7 Å². The smallest absolute Gasteiger partial charge is 0.0795 e. The molecule has 2 bridgehead atoms. The second-order valence-electron chi connectivity index (χ2n) is 2.87. The lowest BCUT2D eigenvalue weighted by molar-refractivity contribution is 0.691. The first-order valence-corrected chi connectivity index (χ1v) is 3.76. The van der Waals surface area contributed by atoms with Crippen LogP contribution in [0.1, 0.15) is 19.3 Å². The molecule has 0 aromatic rings. The van der Waals surface area contributed by atoms with Gasteiger partial charge in [0.05, 0.1) is 6.33 Å². The maximum atomic E-state index is 10.1. The molecule has 0 saturated heterocycles. The van der Waals surface area contributed by atoms with Crippen molar-refractivity contribution in [2.45, 2.75) is 19.3 Å². The number of hydrogen-bond acceptors (Lipinski definition) is 0. The highest BCUT2D eigenvalue weighted by Crippen LogP contribution is 2.38. The molecule has 0 nitrogen and oxygen atoms in total. The Kier molecular flexibility index (Phi) is 2.67. The standard InChI is InChI=1S/C7H10.C2H3F/c1-2-7-4-3-6(1)5-7;1-2-3/h1-2,6-7H,3-5H2;2H,1H2. The van der Waals surface area contributed by atoms with E-state index in [4.69, 9.17) is 0 Å². The van der Waals surface area contributed by atoms with Gasteiger partial charge in [0, 0.05) is 0 Å². The minimum absolute atomic E-state index is 0.250. The number of halogens is 1. The highest BCUT2D eigenvalue weighted by atomic mass is 19.1. The predicted molar refractivity (Wildman–Crippen MR) is 41.3 cm³/mol. The molecule has 1 saturated carbocycles. The summed E-state index contributed by atoms with van der Waals surface area (Å²) in [6, 6.07) is 0. The van der Waals surface area contributed by atoms with E-state index in [1.54, 1.807) is 0 Å². The molecule has 2 unspecified atom stereocenters. The Morgan fingerprint density at radius 3 is 1.80 bits per heavy atom. The summed E-state index contributed by atoms with van der Waals surface area (Å²) in [6.45, 7) is 2.69. The summed E-state index contributed by atoms with van der Waals surface area (Å²) in [5.74, 6) is 1.98. The Labute approximate surface area is 61.4 Å². The molecule has 2 rings (SSSR count). The molecule has 0 spiro atoms. The SMILES string of the molecule is C1=CC2CCC1C2.C=CF. The maximum Gasteiger partial charge on any atom is 0.0795 e. The van der Waals surface area contributed by atoms with E-state index in [0.717, 1.165) is 11.8 Å². The quantitative estimate of drug-likeness (QED) is 0.453. The molecule has 56 valence electrons. The fourth-order valence-electron chi connectivity index (χ4n) is 1.72. The van der Waals surface area contributed by atoms with Crippen molar-refractivity contribution in [3.05, 3.63) is 25.1 Å². The van der Waals surface area contributed by atoms with Gasteiger partial charge in [0.1, 0.15) is 0 Å². The molecule has 0 heterocycles. The molecule has 1 heteroatoms. The summed E-state index contributed by atoms with van der Waals surface area (Å²) in [6.07, 6.45) is 9.44. The third-order valence-electron chi connectivity index (χ3n) is 2.17. The van der Waals surface area contributed by atoms with E-state index in [-0.39, 0.29) is 6.33 Å². The maximum absolute atomic E-state index is 10.1. The summed E-state index contributed by atoms with van der Waals surface area (Å²) in [4.78, 5) is 0. The zero-order chi connectivity index (χ0) is 7.40. The van der Waals surface area contributed by atoms with Crippen LogP contribution in [0.25, 0.3) is 0 Å². The van der Waals surface area contributed by atoms with E-state index in [1.807, 2.05) is 0 Å². The molecule has 2 aliphatic rings. The van der Waals surface area contributed by atoms with Crippen molar-refractivity contribution < 1.29 is 4.39 Å². The van der Waals surface area contributed by atoms with Gasteiger partial charge in [-0.15, -0.1) is 0 Å². The van der Waals surface area contributed by atoms with Crippen LogP contribution < -0.4 is 0 Å². The first-order valence-electron chi connectivity index (χ1n) is 3.76. The topological polar surface area (TPSA) is 0 Å². The van der Waals surface area contributed by atoms with Crippen molar-refractivity contribution in [3.8, 4) is 0 Å². The molecular weight excluding hydrogens is 127 g/mol. The van der Waals surface area contributed by atoms with Gasteiger partial charge in [0.25, 0.3) is 0 Å². The van der Waals surface area contributed by atoms with Crippen molar-refractivity contribution >= 4 is 0 Å². The van der Waals surface area contributed by atoms with Gasteiger partial charge in [0.2, 0.25) is 0 Å². The molecule has 2 atom stereocenters. The molecular formula is C9H13F. The normalized spacial score (nSPS) is 33.3. The second-order valence-corrected chi connectivity index (χ2v) is 2.87. The monoisotopic (exact) mass is 140 g/mol. The Balaban J connectivity index is 0.000000148. The van der Waals surface area contributed by atoms with Crippen molar-refractivity contribution in [2.24, 2.45) is 11.8 Å². The van der Waals surface area contributed by atoms with E-state index in [9.17, 15) is 4.39 Å². The molecule has 0 amide bonds. The minimum Gasteiger partial charge on any atom is -0.216 e. The number of allylic oxidation sites excluding steroid dienone is 2. The van der Waals surface area contributed by atoms with Crippen molar-refractivity contribution in [1.29, 1.82) is 0 Å². The van der Waals surface area contributed by atoms with Gasteiger partial charge in [-0.3, -0.25) is 0 Å². The highest BCUT2D eigenvalue weighted by Gasteiger charge is 2.25. The number of rotatable bonds is 0. The Bertz CT molecular complexity index is 126. The fraction of sp³-hybridized carbons (Fsp3) is 0.556. The van der Waals surface area contributed by atoms with Crippen LogP contribution in [0, 0.1) is 11.8 Å². The van der Waals surface area contributed by atoms with E-state index in [1.165, 1.54) is 19.3 Å². The van der Waals surface area contributed by atoms with Crippen LogP contribution in [0.2, 0.25) is 0 Å². The van der Waals surface area contributed by atoms with Gasteiger partial charge in [-0.25, -0.2) is 4.39 Å². The first kappa shape index (κ1) is 7.52. The zero-order valence-corrected chi connectivity index (χ0v) is 6.09. The van der Waals surface area contributed by atoms with Crippen LogP contribution in [-0.2, 0) is 0 Å². The molecule has 0 N–H and O–H groups in total. The third kappa shape index (κ3) is 1.69. The zero-order valence-electron chi connectivity index (χ0n) is 6.09. The Morgan fingerprint density at radius 1 is 1.30 bits per heavy atom. The van der Waals surface area contributed by atoms with Crippen molar-refractivity contribution in [3.63, 3.8) is 0 Å². The first-order chi connectivity index (χ1) is 4.86. The average Bonchev–Trinajstić information content (AvgIpc) is 2.49. The van der Waals surface area contributed by atoms with Crippen LogP contribution in [0.15, 0.2) is 25.1 Å². The van der Waals surface area contributed by atoms with Gasteiger partial charge < -0.3 is 0 Å². The van der Waals surface area contributed by atoms with E-state index < -0.39 is 0 Å². The fourth-order valence-corrected chi connectivity index (χ4v) is 1.72. The summed E-state index contributed by atoms with van der Waals surface area (Å²) in [7, 11) is 0. The largest absolute Gasteiger partial charge is 0.216 e.